The zero-order valence-electron chi connectivity index (χ0n) is 18.4. The number of amides is 1. The summed E-state index contributed by atoms with van der Waals surface area (Å²) in [6.45, 7) is 8.11. The van der Waals surface area contributed by atoms with Gasteiger partial charge in [0.2, 0.25) is 0 Å². The summed E-state index contributed by atoms with van der Waals surface area (Å²) in [7, 11) is 1.63. The normalized spacial score (nSPS) is 19.0. The van der Waals surface area contributed by atoms with E-state index in [4.69, 9.17) is 9.47 Å². The minimum atomic E-state index is -0.0393. The van der Waals surface area contributed by atoms with Gasteiger partial charge in [-0.1, -0.05) is 30.3 Å². The van der Waals surface area contributed by atoms with E-state index in [1.165, 1.54) is 12.0 Å². The van der Waals surface area contributed by atoms with Gasteiger partial charge in [0.05, 0.1) is 13.7 Å². The summed E-state index contributed by atoms with van der Waals surface area (Å²) in [5, 5.41) is 3.09. The maximum absolute atomic E-state index is 12.6. The Kier molecular flexibility index (Phi) is 8.29. The number of nitrogens with one attached hydrogen (secondary N) is 1. The topological polar surface area (TPSA) is 50.8 Å². The van der Waals surface area contributed by atoms with Gasteiger partial charge in [-0.15, -0.1) is 0 Å². The number of carbonyl (C=O) groups excluding carboxylic acids is 1. The van der Waals surface area contributed by atoms with E-state index in [1.807, 2.05) is 25.1 Å². The Balaban J connectivity index is 1.47. The summed E-state index contributed by atoms with van der Waals surface area (Å²) in [5.41, 5.74) is 2.91. The van der Waals surface area contributed by atoms with E-state index in [-0.39, 0.29) is 5.91 Å². The van der Waals surface area contributed by atoms with Crippen LogP contribution in [0.15, 0.2) is 48.5 Å². The Bertz CT molecular complexity index is 809. The summed E-state index contributed by atoms with van der Waals surface area (Å²) >= 11 is 0. The third-order valence-electron chi connectivity index (χ3n) is 5.86. The number of methoxy groups -OCH3 is 1. The van der Waals surface area contributed by atoms with Crippen LogP contribution in [0.25, 0.3) is 0 Å². The molecule has 2 aromatic rings. The van der Waals surface area contributed by atoms with Crippen LogP contribution in [0.5, 0.6) is 5.75 Å². The molecule has 5 heteroatoms. The first-order valence-corrected chi connectivity index (χ1v) is 10.9. The second-order valence-corrected chi connectivity index (χ2v) is 8.07. The molecule has 0 spiro atoms. The first-order valence-electron chi connectivity index (χ1n) is 10.9. The van der Waals surface area contributed by atoms with E-state index >= 15 is 0 Å². The highest BCUT2D eigenvalue weighted by Crippen LogP contribution is 2.27. The maximum Gasteiger partial charge on any atom is 0.251 e. The third-order valence-corrected chi connectivity index (χ3v) is 5.86. The molecule has 3 rings (SSSR count). The first-order chi connectivity index (χ1) is 14.6. The Morgan fingerprint density at radius 1 is 1.20 bits per heavy atom. The molecule has 1 fully saturated rings. The van der Waals surface area contributed by atoms with Gasteiger partial charge in [0, 0.05) is 43.4 Å². The monoisotopic (exact) mass is 410 g/mol. The molecule has 162 valence electrons. The standard InChI is InChI=1S/C25H34N2O3/c1-4-30-18-23-15-22(10-11-24(23)29-3)25(28)26-13-12-21-14-19(2)27(17-21)16-20-8-6-5-7-9-20/h5-11,15,19,21H,4,12-14,16-18H2,1-3H3,(H,26,28). The first kappa shape index (κ1) is 22.3. The van der Waals surface area contributed by atoms with Crippen LogP contribution in [0.2, 0.25) is 0 Å². The van der Waals surface area contributed by atoms with Crippen LogP contribution >= 0.6 is 0 Å². The summed E-state index contributed by atoms with van der Waals surface area (Å²) < 4.78 is 10.9. The van der Waals surface area contributed by atoms with Gasteiger partial charge in [-0.05, 0) is 56.4 Å². The minimum absolute atomic E-state index is 0.0393. The maximum atomic E-state index is 12.6. The lowest BCUT2D eigenvalue weighted by molar-refractivity contribution is 0.0950. The SMILES string of the molecule is CCOCc1cc(C(=O)NCCC2CC(C)N(Cc3ccccc3)C2)ccc1OC. The number of likely N-dealkylation sites (tertiary alicyclic amines) is 1. The van der Waals surface area contributed by atoms with Crippen molar-refractivity contribution in [3.8, 4) is 5.75 Å². The Labute approximate surface area is 180 Å². The summed E-state index contributed by atoms with van der Waals surface area (Å²) in [4.78, 5) is 15.2. The molecular weight excluding hydrogens is 376 g/mol. The lowest BCUT2D eigenvalue weighted by Crippen LogP contribution is -2.28. The van der Waals surface area contributed by atoms with Crippen molar-refractivity contribution >= 4 is 5.91 Å². The van der Waals surface area contributed by atoms with Gasteiger partial charge in [0.15, 0.2) is 0 Å². The van der Waals surface area contributed by atoms with Crippen molar-refractivity contribution in [3.05, 3.63) is 65.2 Å². The molecule has 0 aromatic heterocycles. The van der Waals surface area contributed by atoms with Gasteiger partial charge in [0.1, 0.15) is 5.75 Å². The zero-order chi connectivity index (χ0) is 21.3. The predicted molar refractivity (Wildman–Crippen MR) is 120 cm³/mol. The van der Waals surface area contributed by atoms with E-state index in [9.17, 15) is 4.79 Å². The van der Waals surface area contributed by atoms with E-state index in [0.717, 1.165) is 30.8 Å². The highest BCUT2D eigenvalue weighted by atomic mass is 16.5. The highest BCUT2D eigenvalue weighted by Gasteiger charge is 2.28. The average molecular weight is 411 g/mol. The molecule has 1 saturated heterocycles. The smallest absolute Gasteiger partial charge is 0.251 e. The zero-order valence-corrected chi connectivity index (χ0v) is 18.4. The van der Waals surface area contributed by atoms with Gasteiger partial charge < -0.3 is 14.8 Å². The lowest BCUT2D eigenvalue weighted by atomic mass is 10.0. The Morgan fingerprint density at radius 3 is 2.73 bits per heavy atom. The summed E-state index contributed by atoms with van der Waals surface area (Å²) in [5.74, 6) is 1.33. The van der Waals surface area contributed by atoms with Gasteiger partial charge >= 0.3 is 0 Å². The molecule has 1 heterocycles. The quantitative estimate of drug-likeness (QED) is 0.636. The van der Waals surface area contributed by atoms with E-state index in [2.05, 4.69) is 47.5 Å². The molecule has 1 aliphatic heterocycles. The number of nitrogens with zero attached hydrogens (tertiary/aromatic N) is 1. The number of ether oxygens (including phenoxy) is 2. The van der Waals surface area contributed by atoms with Crippen LogP contribution in [-0.2, 0) is 17.9 Å². The van der Waals surface area contributed by atoms with E-state index in [1.54, 1.807) is 7.11 Å². The fraction of sp³-hybridized carbons (Fsp3) is 0.480. The van der Waals surface area contributed by atoms with Crippen LogP contribution in [0.1, 0.15) is 48.2 Å². The van der Waals surface area contributed by atoms with Crippen molar-refractivity contribution in [2.75, 3.05) is 26.8 Å². The molecule has 2 atom stereocenters. The average Bonchev–Trinajstić information content (AvgIpc) is 3.11. The fourth-order valence-corrected chi connectivity index (χ4v) is 4.20. The van der Waals surface area contributed by atoms with Crippen LogP contribution < -0.4 is 10.1 Å². The largest absolute Gasteiger partial charge is 0.496 e. The number of carbonyl (C=O) groups is 1. The van der Waals surface area contributed by atoms with Gasteiger partial charge in [-0.2, -0.15) is 0 Å². The number of rotatable bonds is 10. The van der Waals surface area contributed by atoms with Crippen molar-refractivity contribution in [2.24, 2.45) is 5.92 Å². The third kappa shape index (κ3) is 6.07. The van der Waals surface area contributed by atoms with Crippen molar-refractivity contribution < 1.29 is 14.3 Å². The highest BCUT2D eigenvalue weighted by molar-refractivity contribution is 5.94. The molecule has 1 amide bonds. The molecule has 1 N–H and O–H groups in total. The molecule has 1 aliphatic rings. The van der Waals surface area contributed by atoms with Gasteiger partial charge in [-0.3, -0.25) is 9.69 Å². The Morgan fingerprint density at radius 2 is 2.00 bits per heavy atom. The molecule has 2 unspecified atom stereocenters. The molecule has 0 bridgehead atoms. The van der Waals surface area contributed by atoms with Crippen LogP contribution in [0.3, 0.4) is 0 Å². The predicted octanol–water partition coefficient (Wildman–Crippen LogP) is 4.26. The van der Waals surface area contributed by atoms with E-state index < -0.39 is 0 Å². The van der Waals surface area contributed by atoms with Gasteiger partial charge in [-0.25, -0.2) is 0 Å². The molecule has 5 nitrogen and oxygen atoms in total. The van der Waals surface area contributed by atoms with Crippen molar-refractivity contribution in [1.29, 1.82) is 0 Å². The molecule has 0 radical (unpaired) electrons. The molecule has 2 aromatic carbocycles. The van der Waals surface area contributed by atoms with Crippen LogP contribution in [0, 0.1) is 5.92 Å². The molecule has 0 aliphatic carbocycles. The lowest BCUT2D eigenvalue weighted by Gasteiger charge is -2.21. The van der Waals surface area contributed by atoms with E-state index in [0.29, 0.717) is 37.3 Å². The Hall–Kier alpha value is -2.37. The fourth-order valence-electron chi connectivity index (χ4n) is 4.20. The van der Waals surface area contributed by atoms with Crippen molar-refractivity contribution in [2.45, 2.75) is 45.9 Å². The second kappa shape index (κ2) is 11.1. The van der Waals surface area contributed by atoms with Crippen molar-refractivity contribution in [3.63, 3.8) is 0 Å². The van der Waals surface area contributed by atoms with Crippen molar-refractivity contribution in [1.82, 2.24) is 10.2 Å². The molecule has 30 heavy (non-hydrogen) atoms. The number of benzene rings is 2. The van der Waals surface area contributed by atoms with Crippen LogP contribution in [-0.4, -0.2) is 43.7 Å². The van der Waals surface area contributed by atoms with Gasteiger partial charge in [0.25, 0.3) is 5.91 Å². The van der Waals surface area contributed by atoms with Crippen LogP contribution in [0.4, 0.5) is 0 Å². The molecular formula is C25H34N2O3. The minimum Gasteiger partial charge on any atom is -0.496 e. The number of hydrogen-bond donors (Lipinski definition) is 1. The second-order valence-electron chi connectivity index (χ2n) is 8.07. The summed E-state index contributed by atoms with van der Waals surface area (Å²) in [6.07, 6.45) is 2.19. The number of hydrogen-bond acceptors (Lipinski definition) is 4. The molecule has 0 saturated carbocycles. The summed E-state index contributed by atoms with van der Waals surface area (Å²) in [6, 6.07) is 16.7.